The number of pyridine rings is 1. The molecule has 0 saturated carbocycles. The number of likely N-dealkylation sites (tertiary alicyclic amines) is 1. The fourth-order valence-corrected chi connectivity index (χ4v) is 4.98. The van der Waals surface area contributed by atoms with Crippen molar-refractivity contribution >= 4 is 17.2 Å². The molecule has 1 fully saturated rings. The second-order valence-electron chi connectivity index (χ2n) is 7.05. The van der Waals surface area contributed by atoms with Gasteiger partial charge in [0.2, 0.25) is 0 Å². The van der Waals surface area contributed by atoms with Gasteiger partial charge in [0.25, 0.3) is 11.5 Å². The van der Waals surface area contributed by atoms with Crippen LogP contribution in [0.25, 0.3) is 11.3 Å². The van der Waals surface area contributed by atoms with Crippen molar-refractivity contribution in [1.82, 2.24) is 9.47 Å². The molecule has 2 aliphatic heterocycles. The normalized spacial score (nSPS) is 21.5. The maximum Gasteiger partial charge on any atom is 0.263 e. The fraction of sp³-hybridized carbons (Fsp3) is 0.300. The molecule has 6 heteroatoms. The second kappa shape index (κ2) is 5.99. The molecule has 5 rings (SSSR count). The van der Waals surface area contributed by atoms with E-state index in [-0.39, 0.29) is 17.4 Å². The molecule has 0 unspecified atom stereocenters. The number of piperidine rings is 1. The molecule has 2 bridgehead atoms. The number of thiophene rings is 1. The Balaban J connectivity index is 1.49. The third-order valence-electron chi connectivity index (χ3n) is 5.41. The van der Waals surface area contributed by atoms with Gasteiger partial charge in [-0.1, -0.05) is 6.07 Å². The summed E-state index contributed by atoms with van der Waals surface area (Å²) in [4.78, 5) is 28.5. The van der Waals surface area contributed by atoms with Gasteiger partial charge in [-0.25, -0.2) is 0 Å². The van der Waals surface area contributed by atoms with E-state index in [1.165, 1.54) is 11.3 Å². The molecule has 2 aliphatic rings. The lowest BCUT2D eigenvalue weighted by Crippen LogP contribution is -2.49. The topological polar surface area (TPSA) is 55.5 Å². The highest BCUT2D eigenvalue weighted by molar-refractivity contribution is 7.12. The second-order valence-corrected chi connectivity index (χ2v) is 8.00. The Hall–Kier alpha value is -2.60. The number of furan rings is 1. The van der Waals surface area contributed by atoms with Crippen molar-refractivity contribution in [2.45, 2.75) is 18.9 Å². The van der Waals surface area contributed by atoms with Crippen LogP contribution in [0, 0.1) is 5.92 Å². The average molecular weight is 366 g/mol. The predicted molar refractivity (Wildman–Crippen MR) is 99.5 cm³/mol. The van der Waals surface area contributed by atoms with E-state index >= 15 is 0 Å². The summed E-state index contributed by atoms with van der Waals surface area (Å²) in [6, 6.07) is 11.3. The van der Waals surface area contributed by atoms with Gasteiger partial charge in [-0.3, -0.25) is 9.59 Å². The summed E-state index contributed by atoms with van der Waals surface area (Å²) in [6.07, 6.45) is 2.62. The molecular weight excluding hydrogens is 348 g/mol. The summed E-state index contributed by atoms with van der Waals surface area (Å²) in [6.45, 7) is 2.05. The van der Waals surface area contributed by atoms with Gasteiger partial charge in [0.05, 0.1) is 16.7 Å². The monoisotopic (exact) mass is 366 g/mol. The average Bonchev–Trinajstić information content (AvgIpc) is 3.36. The zero-order valence-corrected chi connectivity index (χ0v) is 14.9. The van der Waals surface area contributed by atoms with E-state index < -0.39 is 0 Å². The van der Waals surface area contributed by atoms with Crippen LogP contribution >= 0.6 is 11.3 Å². The van der Waals surface area contributed by atoms with E-state index in [0.717, 1.165) is 17.0 Å². The molecule has 1 amide bonds. The zero-order valence-electron chi connectivity index (χ0n) is 14.1. The van der Waals surface area contributed by atoms with Crippen LogP contribution in [-0.4, -0.2) is 28.5 Å². The minimum absolute atomic E-state index is 0.00480. The van der Waals surface area contributed by atoms with Crippen molar-refractivity contribution < 1.29 is 9.21 Å². The highest BCUT2D eigenvalue weighted by atomic mass is 32.1. The summed E-state index contributed by atoms with van der Waals surface area (Å²) in [7, 11) is 0. The summed E-state index contributed by atoms with van der Waals surface area (Å²) in [5.41, 5.74) is 1.64. The number of carbonyl (C=O) groups excluding carboxylic acids is 1. The number of fused-ring (bicyclic) bond motifs is 4. The Morgan fingerprint density at radius 2 is 2.04 bits per heavy atom. The van der Waals surface area contributed by atoms with E-state index in [1.54, 1.807) is 12.3 Å². The highest BCUT2D eigenvalue weighted by Crippen LogP contribution is 2.36. The summed E-state index contributed by atoms with van der Waals surface area (Å²) >= 11 is 1.48. The van der Waals surface area contributed by atoms with Crippen molar-refractivity contribution in [1.29, 1.82) is 0 Å². The quantitative estimate of drug-likeness (QED) is 0.698. The van der Waals surface area contributed by atoms with Crippen LogP contribution in [0.2, 0.25) is 0 Å². The first kappa shape index (κ1) is 15.6. The SMILES string of the molecule is O=C(c1cccs1)N1C[C@H]2C[C@H](C1)c1ccc(-c3ccco3)c(=O)n1C2. The van der Waals surface area contributed by atoms with Gasteiger partial charge in [-0.05, 0) is 48.1 Å². The molecule has 0 aromatic carbocycles. The molecule has 0 aliphatic carbocycles. The molecule has 1 saturated heterocycles. The summed E-state index contributed by atoms with van der Waals surface area (Å²) in [5, 5.41) is 1.93. The van der Waals surface area contributed by atoms with Gasteiger partial charge in [0.1, 0.15) is 5.76 Å². The van der Waals surface area contributed by atoms with Crippen LogP contribution in [0.3, 0.4) is 0 Å². The minimum atomic E-state index is 0.00480. The van der Waals surface area contributed by atoms with Crippen molar-refractivity contribution in [2.24, 2.45) is 5.92 Å². The Labute approximate surface area is 154 Å². The van der Waals surface area contributed by atoms with Crippen LogP contribution < -0.4 is 5.56 Å². The third kappa shape index (κ3) is 2.44. The maximum atomic E-state index is 13.0. The predicted octanol–water partition coefficient (Wildman–Crippen LogP) is 3.43. The number of amides is 1. The zero-order chi connectivity index (χ0) is 17.7. The van der Waals surface area contributed by atoms with Gasteiger partial charge in [-0.15, -0.1) is 11.3 Å². The first-order valence-electron chi connectivity index (χ1n) is 8.81. The number of rotatable bonds is 2. The van der Waals surface area contributed by atoms with E-state index in [0.29, 0.717) is 36.9 Å². The Bertz CT molecular complexity index is 1000. The largest absolute Gasteiger partial charge is 0.464 e. The van der Waals surface area contributed by atoms with Crippen LogP contribution in [0.5, 0.6) is 0 Å². The van der Waals surface area contributed by atoms with Crippen molar-refractivity contribution in [3.63, 3.8) is 0 Å². The van der Waals surface area contributed by atoms with E-state index in [4.69, 9.17) is 4.42 Å². The number of hydrogen-bond donors (Lipinski definition) is 0. The lowest BCUT2D eigenvalue weighted by atomic mass is 9.83. The first-order chi connectivity index (χ1) is 12.7. The van der Waals surface area contributed by atoms with Crippen molar-refractivity contribution in [3.8, 4) is 11.3 Å². The highest BCUT2D eigenvalue weighted by Gasteiger charge is 2.37. The van der Waals surface area contributed by atoms with Gasteiger partial charge in [0.15, 0.2) is 0 Å². The van der Waals surface area contributed by atoms with Gasteiger partial charge >= 0.3 is 0 Å². The number of carbonyl (C=O) groups is 1. The lowest BCUT2D eigenvalue weighted by Gasteiger charge is -2.42. The summed E-state index contributed by atoms with van der Waals surface area (Å²) in [5.74, 6) is 1.24. The Morgan fingerprint density at radius 3 is 2.81 bits per heavy atom. The Kier molecular flexibility index (Phi) is 3.60. The molecule has 0 radical (unpaired) electrons. The van der Waals surface area contributed by atoms with Gasteiger partial charge in [-0.2, -0.15) is 0 Å². The molecule has 132 valence electrons. The van der Waals surface area contributed by atoms with Gasteiger partial charge in [0, 0.05) is 31.2 Å². The molecule has 26 heavy (non-hydrogen) atoms. The molecule has 3 aromatic heterocycles. The molecular formula is C20H18N2O3S. The van der Waals surface area contributed by atoms with Crippen molar-refractivity contribution in [3.05, 3.63) is 69.0 Å². The van der Waals surface area contributed by atoms with Gasteiger partial charge < -0.3 is 13.9 Å². The van der Waals surface area contributed by atoms with Crippen LogP contribution in [0.1, 0.15) is 27.7 Å². The molecule has 0 spiro atoms. The molecule has 2 atom stereocenters. The number of nitrogens with zero attached hydrogens (tertiary/aromatic N) is 2. The van der Waals surface area contributed by atoms with Crippen molar-refractivity contribution in [2.75, 3.05) is 13.1 Å². The summed E-state index contributed by atoms with van der Waals surface area (Å²) < 4.78 is 7.30. The van der Waals surface area contributed by atoms with Crippen LogP contribution in [0.4, 0.5) is 0 Å². The minimum Gasteiger partial charge on any atom is -0.464 e. The lowest BCUT2D eigenvalue weighted by molar-refractivity contribution is 0.0599. The standard InChI is InChI=1S/C20H18N2O3S/c23-19-15(17-3-1-7-25-17)5-6-16-14-9-13(11-22(16)19)10-21(12-14)20(24)18-4-2-8-26-18/h1-8,13-14H,9-12H2/t13-,14-/m1/s1. The smallest absolute Gasteiger partial charge is 0.263 e. The van der Waals surface area contributed by atoms with E-state index in [2.05, 4.69) is 0 Å². The third-order valence-corrected chi connectivity index (χ3v) is 6.27. The molecule has 3 aromatic rings. The Morgan fingerprint density at radius 1 is 1.12 bits per heavy atom. The van der Waals surface area contributed by atoms with Crippen LogP contribution in [-0.2, 0) is 6.54 Å². The fourth-order valence-electron chi connectivity index (χ4n) is 4.29. The molecule has 5 nitrogen and oxygen atoms in total. The molecule has 0 N–H and O–H groups in total. The maximum absolute atomic E-state index is 13.0. The van der Waals surface area contributed by atoms with E-state index in [1.807, 2.05) is 45.2 Å². The number of hydrogen-bond acceptors (Lipinski definition) is 4. The number of aromatic nitrogens is 1. The van der Waals surface area contributed by atoms with E-state index in [9.17, 15) is 9.59 Å². The van der Waals surface area contributed by atoms with Crippen LogP contribution in [0.15, 0.2) is 57.3 Å². The molecule has 5 heterocycles. The first-order valence-corrected chi connectivity index (χ1v) is 9.69.